The first-order chi connectivity index (χ1) is 17.6. The van der Waals surface area contributed by atoms with E-state index in [1.807, 2.05) is 0 Å². The van der Waals surface area contributed by atoms with Crippen LogP contribution >= 0.6 is 0 Å². The van der Waals surface area contributed by atoms with Gasteiger partial charge in [-0.15, -0.1) is 0 Å². The molecule has 2 atom stereocenters. The van der Waals surface area contributed by atoms with Gasteiger partial charge in [0, 0.05) is 42.3 Å². The van der Waals surface area contributed by atoms with Gasteiger partial charge in [-0.25, -0.2) is 4.79 Å². The predicted octanol–water partition coefficient (Wildman–Crippen LogP) is 5.38. The molecule has 1 N–H and O–H groups in total. The summed E-state index contributed by atoms with van der Waals surface area (Å²) in [5.41, 5.74) is 3.24. The number of rotatable bonds is 7. The van der Waals surface area contributed by atoms with E-state index in [9.17, 15) is 4.79 Å². The number of nitrogens with zero attached hydrogens (tertiary/aromatic N) is 2. The lowest BCUT2D eigenvalue weighted by Crippen LogP contribution is -2.66. The third kappa shape index (κ3) is 4.35. The van der Waals surface area contributed by atoms with Crippen LogP contribution in [0.4, 0.5) is 0 Å². The highest BCUT2D eigenvalue weighted by Gasteiger charge is 2.51. The molecular formula is C31H42N3O2+. The van der Waals surface area contributed by atoms with E-state index in [1.54, 1.807) is 0 Å². The molecule has 36 heavy (non-hydrogen) atoms. The van der Waals surface area contributed by atoms with Crippen LogP contribution in [0, 0.1) is 5.92 Å². The van der Waals surface area contributed by atoms with Crippen molar-refractivity contribution in [1.29, 1.82) is 0 Å². The van der Waals surface area contributed by atoms with E-state index in [4.69, 9.17) is 4.74 Å². The van der Waals surface area contributed by atoms with Crippen LogP contribution < -0.4 is 0 Å². The third-order valence-corrected chi connectivity index (χ3v) is 9.86. The zero-order valence-corrected chi connectivity index (χ0v) is 21.9. The molecule has 0 unspecified atom stereocenters. The minimum Gasteiger partial charge on any atom is -0.454 e. The molecule has 5 nitrogen and oxygen atoms in total. The Kier molecular flexibility index (Phi) is 6.55. The number of aromatic amines is 1. The summed E-state index contributed by atoms with van der Waals surface area (Å²) in [7, 11) is 0. The van der Waals surface area contributed by atoms with Crippen LogP contribution in [0.3, 0.4) is 0 Å². The standard InChI is InChI=1S/C31H42N3O2/c1-31(26-10-4-2-5-11-26,33-17-8-3-9-18-33)30(35)36-29-23-34(19-14-24(29)15-20-34)21-16-25-22-32-28-13-7-6-12-27(25)28/h2,4,6-7,10,12-13,22,24,29,32H,3,5,8-9,11,14-21,23H2,1H3/q+1/t24?,29-,31-,34?/m0/s1. The van der Waals surface area contributed by atoms with Gasteiger partial charge in [0.1, 0.15) is 12.1 Å². The predicted molar refractivity (Wildman–Crippen MR) is 145 cm³/mol. The molecule has 0 amide bonds. The quantitative estimate of drug-likeness (QED) is 0.420. The second-order valence-corrected chi connectivity index (χ2v) is 11.9. The fourth-order valence-electron chi connectivity index (χ4n) is 7.43. The van der Waals surface area contributed by atoms with Gasteiger partial charge < -0.3 is 14.2 Å². The molecule has 4 fully saturated rings. The van der Waals surface area contributed by atoms with Crippen molar-refractivity contribution in [2.24, 2.45) is 5.92 Å². The summed E-state index contributed by atoms with van der Waals surface area (Å²) in [6.45, 7) is 8.68. The lowest BCUT2D eigenvalue weighted by atomic mass is 9.81. The fraction of sp³-hybridized carbons (Fsp3) is 0.581. The van der Waals surface area contributed by atoms with E-state index in [1.165, 1.54) is 67.2 Å². The van der Waals surface area contributed by atoms with Gasteiger partial charge in [0.15, 0.2) is 6.10 Å². The molecular weight excluding hydrogens is 446 g/mol. The summed E-state index contributed by atoms with van der Waals surface area (Å²) in [4.78, 5) is 19.9. The summed E-state index contributed by atoms with van der Waals surface area (Å²) in [5, 5.41) is 1.35. The van der Waals surface area contributed by atoms with Crippen molar-refractivity contribution in [1.82, 2.24) is 9.88 Å². The molecule has 1 aromatic carbocycles. The summed E-state index contributed by atoms with van der Waals surface area (Å²) in [6, 6.07) is 8.61. The second-order valence-electron chi connectivity index (χ2n) is 11.9. The highest BCUT2D eigenvalue weighted by molar-refractivity contribution is 5.85. The number of piperidine rings is 4. The molecule has 5 aliphatic rings. The first kappa shape index (κ1) is 24.0. The van der Waals surface area contributed by atoms with Crippen molar-refractivity contribution < 1.29 is 14.0 Å². The molecule has 1 aliphatic carbocycles. The van der Waals surface area contributed by atoms with Crippen LogP contribution in [0.2, 0.25) is 0 Å². The average molecular weight is 489 g/mol. The number of benzene rings is 1. The number of carbonyl (C=O) groups excluding carboxylic acids is 1. The van der Waals surface area contributed by atoms with Crippen molar-refractivity contribution in [3.05, 3.63) is 59.8 Å². The minimum atomic E-state index is -0.633. The molecule has 0 spiro atoms. The highest BCUT2D eigenvalue weighted by Crippen LogP contribution is 2.39. The van der Waals surface area contributed by atoms with Crippen LogP contribution in [0.5, 0.6) is 0 Å². The Labute approximate surface area is 215 Å². The molecule has 4 saturated heterocycles. The van der Waals surface area contributed by atoms with Gasteiger partial charge in [-0.1, -0.05) is 42.8 Å². The van der Waals surface area contributed by atoms with E-state index in [0.717, 1.165) is 49.9 Å². The number of hydrogen-bond acceptors (Lipinski definition) is 3. The van der Waals surface area contributed by atoms with Gasteiger partial charge >= 0.3 is 5.97 Å². The van der Waals surface area contributed by atoms with Crippen LogP contribution in [0.1, 0.15) is 57.4 Å². The van der Waals surface area contributed by atoms with Gasteiger partial charge in [-0.2, -0.15) is 0 Å². The van der Waals surface area contributed by atoms with Gasteiger partial charge in [0.25, 0.3) is 0 Å². The number of nitrogens with one attached hydrogen (secondary N) is 1. The maximum Gasteiger partial charge on any atom is 0.331 e. The zero-order chi connectivity index (χ0) is 24.6. The van der Waals surface area contributed by atoms with Crippen LogP contribution in [-0.4, -0.2) is 71.2 Å². The fourth-order valence-corrected chi connectivity index (χ4v) is 7.43. The molecule has 7 rings (SSSR count). The van der Waals surface area contributed by atoms with E-state index in [0.29, 0.717) is 5.92 Å². The van der Waals surface area contributed by atoms with Gasteiger partial charge in [-0.3, -0.25) is 4.90 Å². The number of fused-ring (bicyclic) bond motifs is 4. The second kappa shape index (κ2) is 9.83. The Bertz CT molecular complexity index is 1150. The zero-order valence-electron chi connectivity index (χ0n) is 21.9. The van der Waals surface area contributed by atoms with Gasteiger partial charge in [-0.05, 0) is 62.9 Å². The molecule has 2 bridgehead atoms. The van der Waals surface area contributed by atoms with Crippen molar-refractivity contribution in [2.75, 3.05) is 39.3 Å². The van der Waals surface area contributed by atoms with Crippen LogP contribution in [0.15, 0.2) is 54.3 Å². The number of allylic oxidation sites excluding steroid dienone is 3. The molecule has 5 heterocycles. The van der Waals surface area contributed by atoms with E-state index in [-0.39, 0.29) is 12.1 Å². The summed E-state index contributed by atoms with van der Waals surface area (Å²) >= 11 is 0. The number of ether oxygens (including phenoxy) is 1. The maximum absolute atomic E-state index is 14.1. The monoisotopic (exact) mass is 488 g/mol. The lowest BCUT2D eigenvalue weighted by molar-refractivity contribution is -0.946. The Morgan fingerprint density at radius 1 is 1.17 bits per heavy atom. The molecule has 5 heteroatoms. The Morgan fingerprint density at radius 3 is 2.75 bits per heavy atom. The third-order valence-electron chi connectivity index (χ3n) is 9.86. The lowest BCUT2D eigenvalue weighted by Gasteiger charge is -2.53. The summed E-state index contributed by atoms with van der Waals surface area (Å²) < 4.78 is 7.66. The summed E-state index contributed by atoms with van der Waals surface area (Å²) in [6.07, 6.45) is 17.8. The number of aromatic nitrogens is 1. The van der Waals surface area contributed by atoms with Crippen LogP contribution in [-0.2, 0) is 16.0 Å². The number of hydrogen-bond donors (Lipinski definition) is 1. The largest absolute Gasteiger partial charge is 0.454 e. The topological polar surface area (TPSA) is 45.3 Å². The number of carbonyl (C=O) groups is 1. The SMILES string of the molecule is C[C@@](C(=O)O[C@H]1C[N+]2(CCc3c[nH]c4ccccc34)CCC1CC2)(C1=CC=CCC1)N1CCCCC1. The van der Waals surface area contributed by atoms with Gasteiger partial charge in [0.2, 0.25) is 0 Å². The number of likely N-dealkylation sites (tertiary alicyclic amines) is 1. The number of H-pyrrole nitrogens is 1. The Balaban J connectivity index is 1.18. The van der Waals surface area contributed by atoms with Crippen molar-refractivity contribution >= 4 is 16.9 Å². The number of quaternary nitrogens is 1. The molecule has 1 aromatic heterocycles. The normalized spacial score (nSPS) is 30.2. The van der Waals surface area contributed by atoms with Gasteiger partial charge in [0.05, 0.1) is 19.6 Å². The van der Waals surface area contributed by atoms with Crippen LogP contribution in [0.25, 0.3) is 10.9 Å². The summed E-state index contributed by atoms with van der Waals surface area (Å²) in [5.74, 6) is 0.521. The smallest absolute Gasteiger partial charge is 0.331 e. The number of esters is 1. The van der Waals surface area contributed by atoms with Crippen molar-refractivity contribution in [3.8, 4) is 0 Å². The maximum atomic E-state index is 14.1. The first-order valence-corrected chi connectivity index (χ1v) is 14.3. The Hall–Kier alpha value is -2.37. The van der Waals surface area contributed by atoms with Crippen molar-refractivity contribution in [3.63, 3.8) is 0 Å². The van der Waals surface area contributed by atoms with E-state index in [2.05, 4.69) is 65.5 Å². The Morgan fingerprint density at radius 2 is 1.97 bits per heavy atom. The molecule has 4 aliphatic heterocycles. The highest BCUT2D eigenvalue weighted by atomic mass is 16.5. The number of para-hydroxylation sites is 1. The molecule has 0 radical (unpaired) electrons. The minimum absolute atomic E-state index is 0.000483. The molecule has 2 aromatic rings. The van der Waals surface area contributed by atoms with E-state index >= 15 is 0 Å². The average Bonchev–Trinajstić information content (AvgIpc) is 3.36. The van der Waals surface area contributed by atoms with E-state index < -0.39 is 5.54 Å². The molecule has 0 saturated carbocycles. The molecule has 192 valence electrons. The first-order valence-electron chi connectivity index (χ1n) is 14.3. The van der Waals surface area contributed by atoms with Crippen molar-refractivity contribution in [2.45, 2.75) is 69.9 Å².